The number of rotatable bonds is 7. The number of nitrogens with zero attached hydrogens (tertiary/aromatic N) is 3. The Bertz CT molecular complexity index is 1050. The normalized spacial score (nSPS) is 19.2. The van der Waals surface area contributed by atoms with Gasteiger partial charge in [0.15, 0.2) is 6.10 Å². The van der Waals surface area contributed by atoms with Gasteiger partial charge in [-0.2, -0.15) is 4.98 Å². The molecule has 1 aliphatic rings. The second-order valence-electron chi connectivity index (χ2n) is 8.56. The van der Waals surface area contributed by atoms with E-state index in [2.05, 4.69) is 10.6 Å². The van der Waals surface area contributed by atoms with E-state index in [0.717, 1.165) is 42.4 Å². The fourth-order valence-electron chi connectivity index (χ4n) is 4.11. The summed E-state index contributed by atoms with van der Waals surface area (Å²) in [6.45, 7) is 1.79. The van der Waals surface area contributed by atoms with Crippen LogP contribution in [0.5, 0.6) is 5.75 Å². The van der Waals surface area contributed by atoms with Crippen LogP contribution in [0.25, 0.3) is 10.9 Å². The predicted molar refractivity (Wildman–Crippen MR) is 128 cm³/mol. The van der Waals surface area contributed by atoms with Crippen LogP contribution in [0.15, 0.2) is 54.6 Å². The van der Waals surface area contributed by atoms with Gasteiger partial charge in [-0.3, -0.25) is 4.79 Å². The molecule has 1 atom stereocenters. The minimum Gasteiger partial charge on any atom is -0.481 e. The van der Waals surface area contributed by atoms with Crippen molar-refractivity contribution in [2.45, 2.75) is 50.8 Å². The summed E-state index contributed by atoms with van der Waals surface area (Å²) in [5.74, 6) is 2.20. The van der Waals surface area contributed by atoms with E-state index in [-0.39, 0.29) is 18.0 Å². The van der Waals surface area contributed by atoms with Crippen LogP contribution in [0.1, 0.15) is 32.6 Å². The van der Waals surface area contributed by atoms with Crippen LogP contribution in [-0.2, 0) is 4.79 Å². The fraction of sp³-hybridized carbons (Fsp3) is 0.400. The Labute approximate surface area is 189 Å². The molecule has 7 nitrogen and oxygen atoms in total. The van der Waals surface area contributed by atoms with Gasteiger partial charge in [0.1, 0.15) is 11.6 Å². The average molecular weight is 434 g/mol. The molecule has 1 saturated carbocycles. The smallest absolute Gasteiger partial charge is 0.260 e. The lowest BCUT2D eigenvalue weighted by Gasteiger charge is -2.30. The molecule has 1 unspecified atom stereocenters. The number of hydrogen-bond donors (Lipinski definition) is 2. The van der Waals surface area contributed by atoms with E-state index in [1.54, 1.807) is 6.92 Å². The van der Waals surface area contributed by atoms with Crippen LogP contribution in [0.3, 0.4) is 0 Å². The third kappa shape index (κ3) is 5.28. The highest BCUT2D eigenvalue weighted by molar-refractivity contribution is 5.90. The minimum atomic E-state index is -0.524. The molecule has 0 saturated heterocycles. The number of fused-ring (bicyclic) bond motifs is 1. The number of nitrogens with one attached hydrogen (secondary N) is 2. The molecule has 1 aromatic heterocycles. The van der Waals surface area contributed by atoms with Gasteiger partial charge in [-0.1, -0.05) is 30.3 Å². The van der Waals surface area contributed by atoms with Gasteiger partial charge in [0.05, 0.1) is 5.52 Å². The number of aromatic nitrogens is 2. The quantitative estimate of drug-likeness (QED) is 0.586. The molecule has 4 rings (SSSR count). The summed E-state index contributed by atoms with van der Waals surface area (Å²) in [5, 5.41) is 7.70. The number of amides is 1. The molecule has 32 heavy (non-hydrogen) atoms. The number of para-hydroxylation sites is 2. The van der Waals surface area contributed by atoms with Crippen LogP contribution in [0.4, 0.5) is 11.8 Å². The zero-order valence-corrected chi connectivity index (χ0v) is 18.9. The van der Waals surface area contributed by atoms with Crippen LogP contribution < -0.4 is 20.3 Å². The van der Waals surface area contributed by atoms with Crippen molar-refractivity contribution in [1.82, 2.24) is 15.3 Å². The molecule has 3 aromatic rings. The molecule has 0 aliphatic heterocycles. The highest BCUT2D eigenvalue weighted by Crippen LogP contribution is 2.26. The second kappa shape index (κ2) is 9.85. The Morgan fingerprint density at radius 1 is 0.969 bits per heavy atom. The van der Waals surface area contributed by atoms with Crippen LogP contribution >= 0.6 is 0 Å². The van der Waals surface area contributed by atoms with E-state index in [9.17, 15) is 4.79 Å². The molecular formula is C25H31N5O2. The van der Waals surface area contributed by atoms with E-state index in [0.29, 0.717) is 11.7 Å². The average Bonchev–Trinajstić information content (AvgIpc) is 2.80. The van der Waals surface area contributed by atoms with Crippen molar-refractivity contribution < 1.29 is 9.53 Å². The van der Waals surface area contributed by atoms with E-state index in [4.69, 9.17) is 14.7 Å². The molecule has 7 heteroatoms. The van der Waals surface area contributed by atoms with E-state index in [1.165, 1.54) is 0 Å². The summed E-state index contributed by atoms with van der Waals surface area (Å²) in [4.78, 5) is 24.0. The molecule has 1 heterocycles. The number of anilines is 2. The lowest BCUT2D eigenvalue weighted by Crippen LogP contribution is -2.45. The molecular weight excluding hydrogens is 402 g/mol. The number of benzene rings is 2. The van der Waals surface area contributed by atoms with Gasteiger partial charge in [0.2, 0.25) is 5.95 Å². The predicted octanol–water partition coefficient (Wildman–Crippen LogP) is 4.00. The molecule has 1 fully saturated rings. The van der Waals surface area contributed by atoms with Gasteiger partial charge in [-0.25, -0.2) is 4.98 Å². The molecule has 1 aliphatic carbocycles. The molecule has 1 amide bonds. The topological polar surface area (TPSA) is 79.4 Å². The van der Waals surface area contributed by atoms with Crippen LogP contribution in [0, 0.1) is 0 Å². The van der Waals surface area contributed by atoms with E-state index >= 15 is 0 Å². The maximum Gasteiger partial charge on any atom is 0.260 e. The molecule has 0 radical (unpaired) electrons. The van der Waals surface area contributed by atoms with E-state index in [1.807, 2.05) is 73.6 Å². The zero-order chi connectivity index (χ0) is 22.5. The van der Waals surface area contributed by atoms with Gasteiger partial charge in [-0.05, 0) is 56.9 Å². The summed E-state index contributed by atoms with van der Waals surface area (Å²) in [6, 6.07) is 18.0. The van der Waals surface area contributed by atoms with Crippen LogP contribution in [0.2, 0.25) is 0 Å². The monoisotopic (exact) mass is 433 g/mol. The van der Waals surface area contributed by atoms with Gasteiger partial charge in [-0.15, -0.1) is 0 Å². The minimum absolute atomic E-state index is 0.0706. The Kier molecular flexibility index (Phi) is 6.73. The standard InChI is InChI=1S/C25H31N5O2/c1-17(32-20-9-5-4-6-10-20)24(31)26-18-13-15-19(16-14-18)27-25-28-22-12-8-7-11-21(22)23(29-25)30(2)3/h4-12,17-19H,13-16H2,1-3H3,(H,26,31)(H,27,28,29)/t17?,18-,19+. The Hall–Kier alpha value is -3.35. The first-order valence-corrected chi connectivity index (χ1v) is 11.2. The van der Waals surface area contributed by atoms with Gasteiger partial charge >= 0.3 is 0 Å². The Balaban J connectivity index is 1.31. The third-order valence-corrected chi connectivity index (χ3v) is 5.84. The van der Waals surface area contributed by atoms with Crippen molar-refractivity contribution in [3.63, 3.8) is 0 Å². The molecule has 0 bridgehead atoms. The number of hydrogen-bond acceptors (Lipinski definition) is 6. The largest absolute Gasteiger partial charge is 0.481 e. The number of carbonyl (C=O) groups excluding carboxylic acids is 1. The first-order valence-electron chi connectivity index (χ1n) is 11.2. The van der Waals surface area contributed by atoms with Crippen molar-refractivity contribution >= 4 is 28.6 Å². The summed E-state index contributed by atoms with van der Waals surface area (Å²) in [7, 11) is 3.99. The van der Waals surface area contributed by atoms with Crippen molar-refractivity contribution in [3.05, 3.63) is 54.6 Å². The summed E-state index contributed by atoms with van der Waals surface area (Å²) in [6.07, 6.45) is 3.20. The van der Waals surface area contributed by atoms with Crippen molar-refractivity contribution in [1.29, 1.82) is 0 Å². The first-order chi connectivity index (χ1) is 15.5. The number of carbonyl (C=O) groups is 1. The lowest BCUT2D eigenvalue weighted by molar-refractivity contribution is -0.128. The molecule has 2 N–H and O–H groups in total. The van der Waals surface area contributed by atoms with Gasteiger partial charge in [0.25, 0.3) is 5.91 Å². The van der Waals surface area contributed by atoms with E-state index < -0.39 is 6.10 Å². The molecule has 2 aromatic carbocycles. The van der Waals surface area contributed by atoms with Gasteiger partial charge < -0.3 is 20.3 Å². The summed E-state index contributed by atoms with van der Waals surface area (Å²) < 4.78 is 5.74. The molecule has 168 valence electrons. The maximum absolute atomic E-state index is 12.5. The fourth-order valence-corrected chi connectivity index (χ4v) is 4.11. The highest BCUT2D eigenvalue weighted by atomic mass is 16.5. The Morgan fingerprint density at radius 3 is 2.34 bits per heavy atom. The van der Waals surface area contributed by atoms with Crippen molar-refractivity contribution in [2.75, 3.05) is 24.3 Å². The van der Waals surface area contributed by atoms with Crippen molar-refractivity contribution in [2.24, 2.45) is 0 Å². The van der Waals surface area contributed by atoms with Crippen LogP contribution in [-0.4, -0.2) is 48.2 Å². The van der Waals surface area contributed by atoms with Gasteiger partial charge in [0, 0.05) is 31.6 Å². The maximum atomic E-state index is 12.5. The zero-order valence-electron chi connectivity index (χ0n) is 18.9. The summed E-state index contributed by atoms with van der Waals surface area (Å²) >= 11 is 0. The second-order valence-corrected chi connectivity index (χ2v) is 8.56. The van der Waals surface area contributed by atoms with Crippen molar-refractivity contribution in [3.8, 4) is 5.75 Å². The summed E-state index contributed by atoms with van der Waals surface area (Å²) in [5.41, 5.74) is 0.932. The third-order valence-electron chi connectivity index (χ3n) is 5.84. The molecule has 0 spiro atoms. The first kappa shape index (κ1) is 21.9. The SMILES string of the molecule is CC(Oc1ccccc1)C(=O)N[C@H]1CC[C@@H](Nc2nc(N(C)C)c3ccccc3n2)CC1. The highest BCUT2D eigenvalue weighted by Gasteiger charge is 2.25. The number of ether oxygens (including phenoxy) is 1. The lowest BCUT2D eigenvalue weighted by atomic mass is 9.91. The Morgan fingerprint density at radius 2 is 1.62 bits per heavy atom.